The first-order valence-corrected chi connectivity index (χ1v) is 7.61. The van der Waals surface area contributed by atoms with E-state index in [-0.39, 0.29) is 5.97 Å². The molecule has 0 aliphatic carbocycles. The molecule has 3 heteroatoms. The van der Waals surface area contributed by atoms with Gasteiger partial charge in [0, 0.05) is 5.56 Å². The molecule has 118 valence electrons. The van der Waals surface area contributed by atoms with E-state index < -0.39 is 0 Å². The van der Waals surface area contributed by atoms with Crippen LogP contribution < -0.4 is 4.74 Å². The molecule has 0 radical (unpaired) electrons. The topological polar surface area (TPSA) is 26.3 Å². The van der Waals surface area contributed by atoms with Crippen molar-refractivity contribution in [2.24, 2.45) is 0 Å². The van der Waals surface area contributed by atoms with Crippen LogP contribution in [0.5, 0.6) is 5.75 Å². The molecular formula is C19H26NO2+. The van der Waals surface area contributed by atoms with E-state index in [4.69, 9.17) is 4.74 Å². The summed E-state index contributed by atoms with van der Waals surface area (Å²) in [5.74, 6) is 0.237. The number of para-hydroxylation sites is 1. The summed E-state index contributed by atoms with van der Waals surface area (Å²) in [7, 11) is 6.41. The van der Waals surface area contributed by atoms with Gasteiger partial charge in [0.15, 0.2) is 0 Å². The standard InChI is InChI=1S/C17H20NO2.C2H6/c1-18(2,3)13-14-9-11-15(12-10-14)17(19)20-16-7-5-4-6-8-16;1-2/h4-12H,13H2,1-3H3;1-2H3/q+1;. The van der Waals surface area contributed by atoms with Gasteiger partial charge in [-0.25, -0.2) is 4.79 Å². The molecule has 0 saturated carbocycles. The van der Waals surface area contributed by atoms with Gasteiger partial charge in [0.05, 0.1) is 26.7 Å². The third kappa shape index (κ3) is 6.10. The van der Waals surface area contributed by atoms with E-state index in [0.717, 1.165) is 11.0 Å². The van der Waals surface area contributed by atoms with Crippen LogP contribution in [0.4, 0.5) is 0 Å². The lowest BCUT2D eigenvalue weighted by molar-refractivity contribution is -0.884. The molecular weight excluding hydrogens is 274 g/mol. The number of ether oxygens (including phenoxy) is 1. The average Bonchev–Trinajstić information content (AvgIpc) is 2.49. The zero-order valence-electron chi connectivity index (χ0n) is 14.2. The molecule has 0 N–H and O–H groups in total. The first-order valence-electron chi connectivity index (χ1n) is 7.61. The Morgan fingerprint density at radius 2 is 1.45 bits per heavy atom. The number of esters is 1. The Kier molecular flexibility index (Phi) is 6.80. The van der Waals surface area contributed by atoms with Crippen molar-refractivity contribution >= 4 is 5.97 Å². The molecule has 0 aliphatic heterocycles. The highest BCUT2D eigenvalue weighted by molar-refractivity contribution is 5.91. The second-order valence-corrected chi connectivity index (χ2v) is 5.85. The molecule has 2 aromatic rings. The van der Waals surface area contributed by atoms with Crippen molar-refractivity contribution in [3.8, 4) is 5.75 Å². The Morgan fingerprint density at radius 1 is 0.909 bits per heavy atom. The third-order valence-electron chi connectivity index (χ3n) is 2.80. The number of quaternary nitrogens is 1. The first kappa shape index (κ1) is 17.9. The Balaban J connectivity index is 0.00000116. The maximum Gasteiger partial charge on any atom is 0.343 e. The van der Waals surface area contributed by atoms with Gasteiger partial charge >= 0.3 is 5.97 Å². The predicted molar refractivity (Wildman–Crippen MR) is 90.9 cm³/mol. The van der Waals surface area contributed by atoms with Gasteiger partial charge in [-0.2, -0.15) is 0 Å². The van der Waals surface area contributed by atoms with Crippen molar-refractivity contribution in [2.45, 2.75) is 20.4 Å². The monoisotopic (exact) mass is 300 g/mol. The van der Waals surface area contributed by atoms with Gasteiger partial charge in [0.25, 0.3) is 0 Å². The lowest BCUT2D eigenvalue weighted by Gasteiger charge is -2.23. The summed E-state index contributed by atoms with van der Waals surface area (Å²) in [5.41, 5.74) is 1.77. The normalized spacial score (nSPS) is 10.4. The second-order valence-electron chi connectivity index (χ2n) is 5.85. The van der Waals surface area contributed by atoms with Crippen molar-refractivity contribution in [1.82, 2.24) is 0 Å². The molecule has 0 bridgehead atoms. The summed E-state index contributed by atoms with van der Waals surface area (Å²) in [6.45, 7) is 4.92. The SMILES string of the molecule is CC.C[N+](C)(C)Cc1ccc(C(=O)Oc2ccccc2)cc1. The Bertz CT molecular complexity index is 569. The highest BCUT2D eigenvalue weighted by atomic mass is 16.5. The van der Waals surface area contributed by atoms with Crippen LogP contribution >= 0.6 is 0 Å². The van der Waals surface area contributed by atoms with E-state index in [2.05, 4.69) is 21.1 Å². The molecule has 3 nitrogen and oxygen atoms in total. The Labute approximate surface area is 133 Å². The number of hydrogen-bond acceptors (Lipinski definition) is 2. The molecule has 0 atom stereocenters. The maximum absolute atomic E-state index is 12.0. The predicted octanol–water partition coefficient (Wildman–Crippen LogP) is 4.14. The van der Waals surface area contributed by atoms with Gasteiger partial charge in [-0.05, 0) is 24.3 Å². The molecule has 0 fully saturated rings. The molecule has 2 aromatic carbocycles. The van der Waals surface area contributed by atoms with Crippen LogP contribution in [0.15, 0.2) is 54.6 Å². The van der Waals surface area contributed by atoms with E-state index >= 15 is 0 Å². The molecule has 0 spiro atoms. The van der Waals surface area contributed by atoms with E-state index in [1.807, 2.05) is 56.3 Å². The van der Waals surface area contributed by atoms with Crippen LogP contribution in [0, 0.1) is 0 Å². The molecule has 0 unspecified atom stereocenters. The molecule has 0 heterocycles. The van der Waals surface area contributed by atoms with Crippen molar-refractivity contribution in [1.29, 1.82) is 0 Å². The number of rotatable bonds is 4. The fraction of sp³-hybridized carbons (Fsp3) is 0.316. The van der Waals surface area contributed by atoms with Crippen LogP contribution in [0.2, 0.25) is 0 Å². The molecule has 2 rings (SSSR count). The minimum atomic E-state index is -0.326. The van der Waals surface area contributed by atoms with Crippen LogP contribution in [0.1, 0.15) is 29.8 Å². The molecule has 0 aliphatic rings. The summed E-state index contributed by atoms with van der Waals surface area (Å²) in [4.78, 5) is 12.0. The first-order chi connectivity index (χ1) is 10.4. The van der Waals surface area contributed by atoms with Crippen LogP contribution in [-0.2, 0) is 6.54 Å². The van der Waals surface area contributed by atoms with Crippen molar-refractivity contribution in [2.75, 3.05) is 21.1 Å². The highest BCUT2D eigenvalue weighted by Gasteiger charge is 2.11. The quantitative estimate of drug-likeness (QED) is 0.482. The largest absolute Gasteiger partial charge is 0.423 e. The zero-order chi connectivity index (χ0) is 16.6. The van der Waals surface area contributed by atoms with Gasteiger partial charge in [-0.15, -0.1) is 0 Å². The molecule has 0 amide bonds. The van der Waals surface area contributed by atoms with Crippen LogP contribution in [-0.4, -0.2) is 31.6 Å². The summed E-state index contributed by atoms with van der Waals surface area (Å²) in [6.07, 6.45) is 0. The number of hydrogen-bond donors (Lipinski definition) is 0. The fourth-order valence-corrected chi connectivity index (χ4v) is 1.95. The van der Waals surface area contributed by atoms with Gasteiger partial charge in [0.2, 0.25) is 0 Å². The second kappa shape index (κ2) is 8.35. The molecule has 0 saturated heterocycles. The fourth-order valence-electron chi connectivity index (χ4n) is 1.95. The van der Waals surface area contributed by atoms with E-state index in [0.29, 0.717) is 11.3 Å². The minimum absolute atomic E-state index is 0.326. The average molecular weight is 300 g/mol. The van der Waals surface area contributed by atoms with Crippen LogP contribution in [0.25, 0.3) is 0 Å². The zero-order valence-corrected chi connectivity index (χ0v) is 14.2. The highest BCUT2D eigenvalue weighted by Crippen LogP contribution is 2.13. The number of carbonyl (C=O) groups excluding carboxylic acids is 1. The van der Waals surface area contributed by atoms with E-state index in [1.165, 1.54) is 5.56 Å². The number of nitrogens with zero attached hydrogens (tertiary/aromatic N) is 1. The Morgan fingerprint density at radius 3 is 1.95 bits per heavy atom. The molecule has 22 heavy (non-hydrogen) atoms. The number of benzene rings is 2. The summed E-state index contributed by atoms with van der Waals surface area (Å²) in [5, 5.41) is 0. The lowest BCUT2D eigenvalue weighted by atomic mass is 10.1. The number of carbonyl (C=O) groups is 1. The summed E-state index contributed by atoms with van der Waals surface area (Å²) < 4.78 is 6.15. The Hall–Kier alpha value is -2.13. The smallest absolute Gasteiger partial charge is 0.343 e. The van der Waals surface area contributed by atoms with Gasteiger partial charge in [-0.3, -0.25) is 0 Å². The third-order valence-corrected chi connectivity index (χ3v) is 2.80. The summed E-state index contributed by atoms with van der Waals surface area (Å²) >= 11 is 0. The van der Waals surface area contributed by atoms with Crippen LogP contribution in [0.3, 0.4) is 0 Å². The maximum atomic E-state index is 12.0. The van der Waals surface area contributed by atoms with E-state index in [9.17, 15) is 4.79 Å². The van der Waals surface area contributed by atoms with Gasteiger partial charge < -0.3 is 9.22 Å². The van der Waals surface area contributed by atoms with E-state index in [1.54, 1.807) is 12.1 Å². The van der Waals surface area contributed by atoms with Crippen molar-refractivity contribution in [3.05, 3.63) is 65.7 Å². The lowest BCUT2D eigenvalue weighted by Crippen LogP contribution is -2.33. The summed E-state index contributed by atoms with van der Waals surface area (Å²) in [6, 6.07) is 16.7. The van der Waals surface area contributed by atoms with Gasteiger partial charge in [-0.1, -0.05) is 44.2 Å². The molecule has 0 aromatic heterocycles. The van der Waals surface area contributed by atoms with Crippen molar-refractivity contribution in [3.63, 3.8) is 0 Å². The minimum Gasteiger partial charge on any atom is -0.423 e. The van der Waals surface area contributed by atoms with Gasteiger partial charge in [0.1, 0.15) is 12.3 Å². The van der Waals surface area contributed by atoms with Crippen molar-refractivity contribution < 1.29 is 14.0 Å².